The highest BCUT2D eigenvalue weighted by molar-refractivity contribution is 5.91. The number of aldehydes is 1. The summed E-state index contributed by atoms with van der Waals surface area (Å²) in [6, 6.07) is 7.60. The van der Waals surface area contributed by atoms with Crippen LogP contribution in [0.5, 0.6) is 0 Å². The quantitative estimate of drug-likeness (QED) is 0.555. The summed E-state index contributed by atoms with van der Waals surface area (Å²) in [6.45, 7) is 3.37. The van der Waals surface area contributed by atoms with Crippen molar-refractivity contribution in [3.05, 3.63) is 41.5 Å². The Morgan fingerprint density at radius 3 is 2.33 bits per heavy atom. The maximum absolute atomic E-state index is 10.7. The van der Waals surface area contributed by atoms with Gasteiger partial charge in [-0.1, -0.05) is 37.3 Å². The van der Waals surface area contributed by atoms with Crippen molar-refractivity contribution in [1.29, 1.82) is 0 Å². The average Bonchev–Trinajstić information content (AvgIpc) is 2.26. The van der Waals surface area contributed by atoms with Crippen LogP contribution in [0.15, 0.2) is 30.3 Å². The second-order valence-electron chi connectivity index (χ2n) is 3.54. The molecule has 0 saturated heterocycles. The summed E-state index contributed by atoms with van der Waals surface area (Å²) >= 11 is 0. The molecule has 1 unspecified atom stereocenters. The van der Waals surface area contributed by atoms with Gasteiger partial charge in [0.05, 0.1) is 0 Å². The Balaban J connectivity index is 2.80. The number of rotatable bonds is 4. The molecule has 0 aromatic heterocycles. The summed E-state index contributed by atoms with van der Waals surface area (Å²) in [7, 11) is 0. The molecule has 0 bridgehead atoms. The highest BCUT2D eigenvalue weighted by Crippen LogP contribution is 2.14. The van der Waals surface area contributed by atoms with Crippen LogP contribution in [0.3, 0.4) is 0 Å². The van der Waals surface area contributed by atoms with Gasteiger partial charge in [-0.15, -0.1) is 0 Å². The Labute approximate surface area is 89.6 Å². The maximum atomic E-state index is 10.7. The molecule has 0 aliphatic heterocycles. The summed E-state index contributed by atoms with van der Waals surface area (Å²) in [5.74, 6) is -0.0452. The SMILES string of the molecule is CC(=O)/C=C/c1ccc(C(C)C=O)cc1. The number of hydrogen-bond acceptors (Lipinski definition) is 2. The van der Waals surface area contributed by atoms with E-state index in [2.05, 4.69) is 0 Å². The van der Waals surface area contributed by atoms with E-state index in [-0.39, 0.29) is 11.7 Å². The molecule has 78 valence electrons. The Hall–Kier alpha value is -1.70. The highest BCUT2D eigenvalue weighted by Gasteiger charge is 2.01. The van der Waals surface area contributed by atoms with Crippen LogP contribution >= 0.6 is 0 Å². The van der Waals surface area contributed by atoms with Gasteiger partial charge in [0.25, 0.3) is 0 Å². The van der Waals surface area contributed by atoms with Crippen molar-refractivity contribution in [2.45, 2.75) is 19.8 Å². The third-order valence-corrected chi connectivity index (χ3v) is 2.18. The Morgan fingerprint density at radius 2 is 1.87 bits per heavy atom. The molecule has 1 aromatic rings. The van der Waals surface area contributed by atoms with Gasteiger partial charge in [0.1, 0.15) is 6.29 Å². The van der Waals surface area contributed by atoms with Crippen molar-refractivity contribution < 1.29 is 9.59 Å². The molecule has 2 heteroatoms. The first kappa shape index (κ1) is 11.4. The van der Waals surface area contributed by atoms with E-state index in [4.69, 9.17) is 0 Å². The van der Waals surface area contributed by atoms with Gasteiger partial charge >= 0.3 is 0 Å². The molecular weight excluding hydrogens is 188 g/mol. The molecule has 0 fully saturated rings. The summed E-state index contributed by atoms with van der Waals surface area (Å²) in [4.78, 5) is 21.3. The van der Waals surface area contributed by atoms with Crippen molar-refractivity contribution in [3.8, 4) is 0 Å². The van der Waals surface area contributed by atoms with Crippen LogP contribution in [0.2, 0.25) is 0 Å². The van der Waals surface area contributed by atoms with E-state index in [0.29, 0.717) is 0 Å². The van der Waals surface area contributed by atoms with Gasteiger partial charge in [-0.05, 0) is 24.1 Å². The summed E-state index contributed by atoms with van der Waals surface area (Å²) in [5.41, 5.74) is 1.96. The summed E-state index contributed by atoms with van der Waals surface area (Å²) in [6.07, 6.45) is 4.20. The molecule has 0 aliphatic carbocycles. The molecule has 0 amide bonds. The van der Waals surface area contributed by atoms with Gasteiger partial charge < -0.3 is 4.79 Å². The minimum Gasteiger partial charge on any atom is -0.303 e. The topological polar surface area (TPSA) is 34.1 Å². The number of carbonyl (C=O) groups excluding carboxylic acids is 2. The lowest BCUT2D eigenvalue weighted by molar-refractivity contribution is -0.112. The van der Waals surface area contributed by atoms with Gasteiger partial charge in [0.2, 0.25) is 0 Å². The highest BCUT2D eigenvalue weighted by atomic mass is 16.1. The van der Waals surface area contributed by atoms with Gasteiger partial charge in [0, 0.05) is 5.92 Å². The first-order chi connectivity index (χ1) is 7.13. The predicted molar refractivity (Wildman–Crippen MR) is 60.6 cm³/mol. The van der Waals surface area contributed by atoms with Gasteiger partial charge in [-0.2, -0.15) is 0 Å². The lowest BCUT2D eigenvalue weighted by atomic mass is 10.0. The van der Waals surface area contributed by atoms with E-state index in [9.17, 15) is 9.59 Å². The number of benzene rings is 1. The first-order valence-electron chi connectivity index (χ1n) is 4.87. The molecule has 1 aromatic carbocycles. The predicted octanol–water partition coefficient (Wildman–Crippen LogP) is 2.59. The van der Waals surface area contributed by atoms with Crippen molar-refractivity contribution in [2.75, 3.05) is 0 Å². The maximum Gasteiger partial charge on any atom is 0.152 e. The third-order valence-electron chi connectivity index (χ3n) is 2.18. The van der Waals surface area contributed by atoms with E-state index in [1.807, 2.05) is 31.2 Å². The zero-order chi connectivity index (χ0) is 11.3. The number of hydrogen-bond donors (Lipinski definition) is 0. The van der Waals surface area contributed by atoms with Crippen LogP contribution in [-0.4, -0.2) is 12.1 Å². The fourth-order valence-corrected chi connectivity index (χ4v) is 1.20. The van der Waals surface area contributed by atoms with Gasteiger partial charge in [0.15, 0.2) is 5.78 Å². The lowest BCUT2D eigenvalue weighted by Crippen LogP contribution is -1.93. The average molecular weight is 202 g/mol. The normalized spacial score (nSPS) is 12.7. The Bertz CT molecular complexity index is 374. The third kappa shape index (κ3) is 3.50. The molecule has 0 aliphatic rings. The zero-order valence-electron chi connectivity index (χ0n) is 8.94. The van der Waals surface area contributed by atoms with Gasteiger partial charge in [-0.25, -0.2) is 0 Å². The van der Waals surface area contributed by atoms with Crippen molar-refractivity contribution in [3.63, 3.8) is 0 Å². The summed E-state index contributed by atoms with van der Waals surface area (Å²) in [5, 5.41) is 0. The van der Waals surface area contributed by atoms with Crippen molar-refractivity contribution >= 4 is 18.1 Å². The van der Waals surface area contributed by atoms with Crippen LogP contribution < -0.4 is 0 Å². The van der Waals surface area contributed by atoms with Crippen LogP contribution in [0.25, 0.3) is 6.08 Å². The second kappa shape index (κ2) is 5.25. The lowest BCUT2D eigenvalue weighted by Gasteiger charge is -2.03. The van der Waals surface area contributed by atoms with E-state index in [1.165, 1.54) is 13.0 Å². The largest absolute Gasteiger partial charge is 0.303 e. The first-order valence-corrected chi connectivity index (χ1v) is 4.87. The van der Waals surface area contributed by atoms with Crippen LogP contribution in [-0.2, 0) is 9.59 Å². The van der Waals surface area contributed by atoms with Crippen LogP contribution in [0.1, 0.15) is 30.9 Å². The molecule has 0 N–H and O–H groups in total. The molecule has 0 heterocycles. The molecule has 0 spiro atoms. The molecular formula is C13H14O2. The minimum atomic E-state index is -0.0733. The molecule has 1 atom stereocenters. The second-order valence-corrected chi connectivity index (χ2v) is 3.54. The van der Waals surface area contributed by atoms with E-state index in [0.717, 1.165) is 17.4 Å². The Morgan fingerprint density at radius 1 is 1.27 bits per heavy atom. The molecule has 0 radical (unpaired) electrons. The monoisotopic (exact) mass is 202 g/mol. The standard InChI is InChI=1S/C13H14O2/c1-10(9-14)13-7-5-12(6-8-13)4-3-11(2)15/h3-10H,1-2H3/b4-3+. The fourth-order valence-electron chi connectivity index (χ4n) is 1.20. The van der Waals surface area contributed by atoms with E-state index >= 15 is 0 Å². The molecule has 2 nitrogen and oxygen atoms in total. The summed E-state index contributed by atoms with van der Waals surface area (Å²) < 4.78 is 0. The number of ketones is 1. The van der Waals surface area contributed by atoms with E-state index < -0.39 is 0 Å². The number of allylic oxidation sites excluding steroid dienone is 1. The van der Waals surface area contributed by atoms with Crippen LogP contribution in [0, 0.1) is 0 Å². The fraction of sp³-hybridized carbons (Fsp3) is 0.231. The van der Waals surface area contributed by atoms with E-state index in [1.54, 1.807) is 6.08 Å². The number of carbonyl (C=O) groups is 2. The molecule has 1 rings (SSSR count). The molecule has 0 saturated carbocycles. The minimum absolute atomic E-state index is 0.0281. The van der Waals surface area contributed by atoms with Crippen LogP contribution in [0.4, 0.5) is 0 Å². The zero-order valence-corrected chi connectivity index (χ0v) is 8.94. The van der Waals surface area contributed by atoms with Gasteiger partial charge in [-0.3, -0.25) is 4.79 Å². The van der Waals surface area contributed by atoms with Crippen molar-refractivity contribution in [2.24, 2.45) is 0 Å². The smallest absolute Gasteiger partial charge is 0.152 e. The Kier molecular flexibility index (Phi) is 3.98. The van der Waals surface area contributed by atoms with Crippen molar-refractivity contribution in [1.82, 2.24) is 0 Å². The molecule has 15 heavy (non-hydrogen) atoms.